The fourth-order valence-electron chi connectivity index (χ4n) is 2.22. The molecular formula is C15H20N2S. The zero-order valence-corrected chi connectivity index (χ0v) is 12.1. The predicted octanol–water partition coefficient (Wildman–Crippen LogP) is 3.65. The smallest absolute Gasteiger partial charge is 0.0798 e. The molecule has 0 aliphatic carbocycles. The quantitative estimate of drug-likeness (QED) is 0.887. The Bertz CT molecular complexity index is 505. The van der Waals surface area contributed by atoms with E-state index in [9.17, 15) is 0 Å². The summed E-state index contributed by atoms with van der Waals surface area (Å²) in [7, 11) is 0. The third kappa shape index (κ3) is 3.18. The maximum absolute atomic E-state index is 4.36. The molecule has 2 aromatic rings. The summed E-state index contributed by atoms with van der Waals surface area (Å²) in [5.41, 5.74) is 5.79. The van der Waals surface area contributed by atoms with E-state index in [2.05, 4.69) is 55.3 Å². The zero-order chi connectivity index (χ0) is 13.0. The molecule has 1 atom stereocenters. The van der Waals surface area contributed by atoms with Gasteiger partial charge in [-0.3, -0.25) is 0 Å². The van der Waals surface area contributed by atoms with Crippen LogP contribution >= 0.6 is 11.3 Å². The minimum Gasteiger partial charge on any atom is -0.309 e. The maximum atomic E-state index is 4.36. The Labute approximate surface area is 113 Å². The molecule has 0 saturated heterocycles. The fraction of sp³-hybridized carbons (Fsp3) is 0.400. The lowest BCUT2D eigenvalue weighted by molar-refractivity contribution is 0.554. The molecule has 2 nitrogen and oxygen atoms in total. The number of nitrogens with one attached hydrogen (secondary N) is 1. The SMILES string of the molecule is CCNC(Cc1cccc(C)c1)c1scnc1C. The molecule has 1 aromatic carbocycles. The van der Waals surface area contributed by atoms with E-state index in [0.717, 1.165) is 18.7 Å². The molecule has 0 aliphatic rings. The Morgan fingerprint density at radius 1 is 1.33 bits per heavy atom. The topological polar surface area (TPSA) is 24.9 Å². The molecule has 0 amide bonds. The summed E-state index contributed by atoms with van der Waals surface area (Å²) < 4.78 is 0. The molecule has 1 heterocycles. The van der Waals surface area contributed by atoms with Crippen LogP contribution in [0.1, 0.15) is 34.7 Å². The Morgan fingerprint density at radius 3 is 2.78 bits per heavy atom. The maximum Gasteiger partial charge on any atom is 0.0798 e. The molecule has 96 valence electrons. The van der Waals surface area contributed by atoms with Gasteiger partial charge in [0, 0.05) is 10.9 Å². The average Bonchev–Trinajstić information content (AvgIpc) is 2.75. The molecule has 0 fully saturated rings. The third-order valence-corrected chi connectivity index (χ3v) is 4.12. The number of aryl methyl sites for hydroxylation is 2. The van der Waals surface area contributed by atoms with Crippen LogP contribution in [0.5, 0.6) is 0 Å². The van der Waals surface area contributed by atoms with Crippen molar-refractivity contribution in [1.82, 2.24) is 10.3 Å². The lowest BCUT2D eigenvalue weighted by Crippen LogP contribution is -2.22. The Balaban J connectivity index is 2.19. The number of thiazole rings is 1. The van der Waals surface area contributed by atoms with Gasteiger partial charge in [-0.15, -0.1) is 11.3 Å². The van der Waals surface area contributed by atoms with Gasteiger partial charge in [-0.2, -0.15) is 0 Å². The Kier molecular flexibility index (Phi) is 4.50. The normalized spacial score (nSPS) is 12.6. The highest BCUT2D eigenvalue weighted by atomic mass is 32.1. The Morgan fingerprint density at radius 2 is 2.17 bits per heavy atom. The fourth-order valence-corrected chi connectivity index (χ4v) is 3.10. The molecule has 2 rings (SSSR count). The number of hydrogen-bond donors (Lipinski definition) is 1. The zero-order valence-electron chi connectivity index (χ0n) is 11.2. The molecule has 0 aliphatic heterocycles. The largest absolute Gasteiger partial charge is 0.309 e. The highest BCUT2D eigenvalue weighted by molar-refractivity contribution is 7.09. The second-order valence-corrected chi connectivity index (χ2v) is 5.49. The number of benzene rings is 1. The second kappa shape index (κ2) is 6.12. The first-order chi connectivity index (χ1) is 8.70. The van der Waals surface area contributed by atoms with Gasteiger partial charge in [0.15, 0.2) is 0 Å². The first-order valence-corrected chi connectivity index (χ1v) is 7.27. The monoisotopic (exact) mass is 260 g/mol. The molecule has 1 aromatic heterocycles. The molecule has 0 radical (unpaired) electrons. The summed E-state index contributed by atoms with van der Waals surface area (Å²) in [4.78, 5) is 5.72. The van der Waals surface area contributed by atoms with Crippen LogP contribution in [0.2, 0.25) is 0 Å². The summed E-state index contributed by atoms with van der Waals surface area (Å²) >= 11 is 1.75. The van der Waals surface area contributed by atoms with Crippen LogP contribution < -0.4 is 5.32 Å². The average molecular weight is 260 g/mol. The summed E-state index contributed by atoms with van der Waals surface area (Å²) in [6.07, 6.45) is 1.03. The lowest BCUT2D eigenvalue weighted by Gasteiger charge is -2.17. The minimum atomic E-state index is 0.379. The van der Waals surface area contributed by atoms with Gasteiger partial charge in [0.25, 0.3) is 0 Å². The number of rotatable bonds is 5. The molecule has 1 unspecified atom stereocenters. The third-order valence-electron chi connectivity index (χ3n) is 3.07. The highest BCUT2D eigenvalue weighted by Gasteiger charge is 2.15. The molecule has 0 bridgehead atoms. The van der Waals surface area contributed by atoms with Crippen molar-refractivity contribution >= 4 is 11.3 Å². The van der Waals surface area contributed by atoms with Gasteiger partial charge in [0.2, 0.25) is 0 Å². The Hall–Kier alpha value is -1.19. The van der Waals surface area contributed by atoms with E-state index in [-0.39, 0.29) is 0 Å². The number of nitrogens with zero attached hydrogens (tertiary/aromatic N) is 1. The van der Waals surface area contributed by atoms with Crippen LogP contribution in [-0.2, 0) is 6.42 Å². The van der Waals surface area contributed by atoms with Gasteiger partial charge < -0.3 is 5.32 Å². The second-order valence-electron chi connectivity index (χ2n) is 4.61. The molecule has 0 saturated carbocycles. The molecule has 1 N–H and O–H groups in total. The van der Waals surface area contributed by atoms with Crippen LogP contribution in [0.15, 0.2) is 29.8 Å². The lowest BCUT2D eigenvalue weighted by atomic mass is 10.0. The van der Waals surface area contributed by atoms with Crippen molar-refractivity contribution in [3.63, 3.8) is 0 Å². The van der Waals surface area contributed by atoms with Crippen molar-refractivity contribution in [3.8, 4) is 0 Å². The van der Waals surface area contributed by atoms with Crippen LogP contribution in [0.25, 0.3) is 0 Å². The van der Waals surface area contributed by atoms with Crippen molar-refractivity contribution in [2.45, 2.75) is 33.2 Å². The summed E-state index contributed by atoms with van der Waals surface area (Å²) in [5.74, 6) is 0. The summed E-state index contributed by atoms with van der Waals surface area (Å²) in [6.45, 7) is 7.36. The van der Waals surface area contributed by atoms with Crippen LogP contribution in [0.4, 0.5) is 0 Å². The van der Waals surface area contributed by atoms with Gasteiger partial charge >= 0.3 is 0 Å². The van der Waals surface area contributed by atoms with E-state index in [1.54, 1.807) is 11.3 Å². The van der Waals surface area contributed by atoms with Crippen molar-refractivity contribution < 1.29 is 0 Å². The van der Waals surface area contributed by atoms with Crippen LogP contribution in [0.3, 0.4) is 0 Å². The predicted molar refractivity (Wildman–Crippen MR) is 78.2 cm³/mol. The van der Waals surface area contributed by atoms with Crippen LogP contribution in [-0.4, -0.2) is 11.5 Å². The van der Waals surface area contributed by atoms with Crippen molar-refractivity contribution in [2.24, 2.45) is 0 Å². The molecule has 3 heteroatoms. The van der Waals surface area contributed by atoms with Crippen molar-refractivity contribution in [3.05, 3.63) is 51.5 Å². The van der Waals surface area contributed by atoms with Gasteiger partial charge in [-0.25, -0.2) is 4.98 Å². The van der Waals surface area contributed by atoms with Gasteiger partial charge in [0.1, 0.15) is 0 Å². The van der Waals surface area contributed by atoms with Crippen molar-refractivity contribution in [1.29, 1.82) is 0 Å². The van der Waals surface area contributed by atoms with Gasteiger partial charge in [-0.1, -0.05) is 36.8 Å². The number of hydrogen-bond acceptors (Lipinski definition) is 3. The first-order valence-electron chi connectivity index (χ1n) is 6.39. The summed E-state index contributed by atoms with van der Waals surface area (Å²) in [5, 5.41) is 3.56. The van der Waals surface area contributed by atoms with Gasteiger partial charge in [0.05, 0.1) is 11.2 Å². The molecule has 0 spiro atoms. The molecular weight excluding hydrogens is 240 g/mol. The van der Waals surface area contributed by atoms with Crippen molar-refractivity contribution in [2.75, 3.05) is 6.54 Å². The standard InChI is InChI=1S/C15H20N2S/c1-4-16-14(15-12(3)17-10-18-15)9-13-7-5-6-11(2)8-13/h5-8,10,14,16H,4,9H2,1-3H3. The highest BCUT2D eigenvalue weighted by Crippen LogP contribution is 2.25. The number of aromatic nitrogens is 1. The van der Waals surface area contributed by atoms with Crippen LogP contribution in [0, 0.1) is 13.8 Å². The van der Waals surface area contributed by atoms with E-state index in [4.69, 9.17) is 0 Å². The van der Waals surface area contributed by atoms with E-state index in [0.29, 0.717) is 6.04 Å². The van der Waals surface area contributed by atoms with E-state index in [1.165, 1.54) is 16.0 Å². The van der Waals surface area contributed by atoms with E-state index < -0.39 is 0 Å². The number of likely N-dealkylation sites (N-methyl/N-ethyl adjacent to an activating group) is 1. The summed E-state index contributed by atoms with van der Waals surface area (Å²) in [6, 6.07) is 9.12. The van der Waals surface area contributed by atoms with E-state index in [1.807, 2.05) is 5.51 Å². The minimum absolute atomic E-state index is 0.379. The van der Waals surface area contributed by atoms with Gasteiger partial charge in [-0.05, 0) is 32.4 Å². The molecule has 18 heavy (non-hydrogen) atoms. The van der Waals surface area contributed by atoms with E-state index >= 15 is 0 Å². The first kappa shape index (κ1) is 13.2.